The number of ether oxygens (including phenoxy) is 1. The van der Waals surface area contributed by atoms with Crippen molar-refractivity contribution in [3.63, 3.8) is 0 Å². The largest absolute Gasteiger partial charge is 0.396 e. The third-order valence-electron chi connectivity index (χ3n) is 6.15. The number of piperidine rings is 1. The maximum absolute atomic E-state index is 9.42. The highest BCUT2D eigenvalue weighted by Crippen LogP contribution is 2.31. The van der Waals surface area contributed by atoms with Gasteiger partial charge in [0, 0.05) is 50.3 Å². The predicted molar refractivity (Wildman–Crippen MR) is 112 cm³/mol. The number of hydrogen-bond donors (Lipinski definition) is 3. The fraction of sp³-hybridized carbons (Fsp3) is 0.952. The van der Waals surface area contributed by atoms with Crippen molar-refractivity contribution in [3.8, 4) is 0 Å². The second-order valence-corrected chi connectivity index (χ2v) is 9.49. The first-order chi connectivity index (χ1) is 12.8. The van der Waals surface area contributed by atoms with E-state index < -0.39 is 0 Å². The molecule has 158 valence electrons. The minimum Gasteiger partial charge on any atom is -0.396 e. The molecule has 0 aromatic carbocycles. The van der Waals surface area contributed by atoms with E-state index in [0.29, 0.717) is 0 Å². The fourth-order valence-corrected chi connectivity index (χ4v) is 4.45. The number of hydrogen-bond acceptors (Lipinski definition) is 4. The predicted octanol–water partition coefficient (Wildman–Crippen LogP) is 2.09. The minimum atomic E-state index is 0.0260. The van der Waals surface area contributed by atoms with Crippen LogP contribution < -0.4 is 10.6 Å². The zero-order chi connectivity index (χ0) is 19.9. The Morgan fingerprint density at radius 3 is 2.52 bits per heavy atom. The van der Waals surface area contributed by atoms with Crippen LogP contribution in [-0.4, -0.2) is 74.0 Å². The molecule has 3 N–H and O–H groups in total. The Hall–Kier alpha value is -0.850. The average Bonchev–Trinajstić information content (AvgIpc) is 3.06. The van der Waals surface area contributed by atoms with Crippen molar-refractivity contribution in [1.82, 2.24) is 15.5 Å². The van der Waals surface area contributed by atoms with Gasteiger partial charge in [-0.15, -0.1) is 0 Å². The highest BCUT2D eigenvalue weighted by atomic mass is 16.5. The van der Waals surface area contributed by atoms with E-state index in [2.05, 4.69) is 50.2 Å². The summed E-state index contributed by atoms with van der Waals surface area (Å²) < 4.78 is 5.60. The van der Waals surface area contributed by atoms with Gasteiger partial charge in [0.2, 0.25) is 0 Å². The number of likely N-dealkylation sites (tertiary alicyclic amines) is 1. The van der Waals surface area contributed by atoms with Crippen LogP contribution in [0, 0.1) is 17.3 Å². The van der Waals surface area contributed by atoms with Gasteiger partial charge in [-0.3, -0.25) is 9.89 Å². The van der Waals surface area contributed by atoms with Crippen molar-refractivity contribution < 1.29 is 9.84 Å². The summed E-state index contributed by atoms with van der Waals surface area (Å²) in [5.41, 5.74) is 0.0722. The summed E-state index contributed by atoms with van der Waals surface area (Å²) in [5.74, 6) is 2.38. The summed E-state index contributed by atoms with van der Waals surface area (Å²) in [5, 5.41) is 16.3. The van der Waals surface area contributed by atoms with E-state index in [0.717, 1.165) is 76.6 Å². The number of aliphatic imine (C=N–C) groups is 1. The summed E-state index contributed by atoms with van der Waals surface area (Å²) in [6.45, 7) is 17.9. The van der Waals surface area contributed by atoms with Gasteiger partial charge in [0.05, 0.1) is 13.2 Å². The van der Waals surface area contributed by atoms with Gasteiger partial charge in [-0.2, -0.15) is 0 Å². The monoisotopic (exact) mass is 382 g/mol. The topological polar surface area (TPSA) is 69.1 Å². The van der Waals surface area contributed by atoms with Crippen molar-refractivity contribution in [2.45, 2.75) is 59.4 Å². The summed E-state index contributed by atoms with van der Waals surface area (Å²) in [4.78, 5) is 7.52. The molecule has 27 heavy (non-hydrogen) atoms. The molecule has 2 aliphatic heterocycles. The lowest BCUT2D eigenvalue weighted by Gasteiger charge is -2.44. The third kappa shape index (κ3) is 6.61. The highest BCUT2D eigenvalue weighted by molar-refractivity contribution is 5.79. The molecule has 2 heterocycles. The van der Waals surface area contributed by atoms with Crippen LogP contribution >= 0.6 is 0 Å². The molecule has 3 unspecified atom stereocenters. The first kappa shape index (κ1) is 22.4. The maximum Gasteiger partial charge on any atom is 0.191 e. The second-order valence-electron chi connectivity index (χ2n) is 9.49. The Balaban J connectivity index is 1.97. The van der Waals surface area contributed by atoms with E-state index in [9.17, 15) is 5.11 Å². The number of aliphatic hydroxyl groups is 1. The van der Waals surface area contributed by atoms with Gasteiger partial charge in [-0.25, -0.2) is 0 Å². The van der Waals surface area contributed by atoms with Gasteiger partial charge in [-0.1, -0.05) is 13.8 Å². The molecular weight excluding hydrogens is 340 g/mol. The molecule has 0 radical (unpaired) electrons. The molecular formula is C21H42N4O2. The molecule has 0 amide bonds. The molecule has 3 atom stereocenters. The van der Waals surface area contributed by atoms with Crippen LogP contribution in [0.1, 0.15) is 53.9 Å². The molecule has 2 aliphatic rings. The van der Waals surface area contributed by atoms with Crippen LogP contribution in [0.15, 0.2) is 4.99 Å². The van der Waals surface area contributed by atoms with E-state index in [1.165, 1.54) is 6.42 Å². The van der Waals surface area contributed by atoms with Gasteiger partial charge in [-0.05, 0) is 51.9 Å². The maximum atomic E-state index is 9.42. The number of nitrogens with one attached hydrogen (secondary N) is 2. The number of nitrogens with zero attached hydrogens (tertiary/aromatic N) is 2. The van der Waals surface area contributed by atoms with Crippen molar-refractivity contribution in [2.24, 2.45) is 22.2 Å². The highest BCUT2D eigenvalue weighted by Gasteiger charge is 2.35. The van der Waals surface area contributed by atoms with Crippen LogP contribution in [0.4, 0.5) is 0 Å². The molecule has 2 rings (SSSR count). The smallest absolute Gasteiger partial charge is 0.191 e. The Morgan fingerprint density at radius 1 is 1.26 bits per heavy atom. The van der Waals surface area contributed by atoms with Gasteiger partial charge < -0.3 is 20.5 Å². The van der Waals surface area contributed by atoms with Crippen LogP contribution in [0.25, 0.3) is 0 Å². The zero-order valence-corrected chi connectivity index (χ0v) is 18.2. The molecule has 2 saturated heterocycles. The van der Waals surface area contributed by atoms with E-state index in [-0.39, 0.29) is 17.6 Å². The number of guanidine groups is 1. The summed E-state index contributed by atoms with van der Waals surface area (Å²) in [6.07, 6.45) is 3.10. The normalized spacial score (nSPS) is 30.5. The van der Waals surface area contributed by atoms with Crippen LogP contribution in [-0.2, 0) is 4.74 Å². The lowest BCUT2D eigenvalue weighted by Crippen LogP contribution is -2.53. The van der Waals surface area contributed by atoms with Crippen molar-refractivity contribution in [1.29, 1.82) is 0 Å². The first-order valence-electron chi connectivity index (χ1n) is 10.8. The van der Waals surface area contributed by atoms with Crippen LogP contribution in [0.5, 0.6) is 0 Å². The van der Waals surface area contributed by atoms with Gasteiger partial charge >= 0.3 is 0 Å². The fourth-order valence-electron chi connectivity index (χ4n) is 4.45. The van der Waals surface area contributed by atoms with Crippen molar-refractivity contribution in [3.05, 3.63) is 0 Å². The Bertz CT molecular complexity index is 465. The van der Waals surface area contributed by atoms with Gasteiger partial charge in [0.25, 0.3) is 0 Å². The van der Waals surface area contributed by atoms with E-state index in [1.807, 2.05) is 0 Å². The molecule has 2 fully saturated rings. The molecule has 6 heteroatoms. The standard InChI is InChI=1S/C21H42N4O2/c1-6-22-19(24-15-21(7-9-26)8-10-27-16-21)23-14-20(4,5)25-12-17(2)11-18(3)13-25/h17-18,26H,6-16H2,1-5H3,(H2,22,23,24). The van der Waals surface area contributed by atoms with Crippen molar-refractivity contribution in [2.75, 3.05) is 52.5 Å². The quantitative estimate of drug-likeness (QED) is 0.443. The lowest BCUT2D eigenvalue weighted by molar-refractivity contribution is 0.0512. The molecule has 0 aliphatic carbocycles. The third-order valence-corrected chi connectivity index (χ3v) is 6.15. The minimum absolute atomic E-state index is 0.0260. The molecule has 0 spiro atoms. The Kier molecular flexibility index (Phi) is 8.38. The number of aliphatic hydroxyl groups excluding tert-OH is 1. The van der Waals surface area contributed by atoms with E-state index >= 15 is 0 Å². The van der Waals surface area contributed by atoms with Gasteiger partial charge in [0.1, 0.15) is 0 Å². The summed E-state index contributed by atoms with van der Waals surface area (Å²) >= 11 is 0. The van der Waals surface area contributed by atoms with Crippen molar-refractivity contribution >= 4 is 5.96 Å². The molecule has 0 saturated carbocycles. The van der Waals surface area contributed by atoms with E-state index in [4.69, 9.17) is 9.73 Å². The molecule has 0 bridgehead atoms. The van der Waals surface area contributed by atoms with E-state index in [1.54, 1.807) is 0 Å². The Morgan fingerprint density at radius 2 is 1.96 bits per heavy atom. The van der Waals surface area contributed by atoms with Crippen LogP contribution in [0.2, 0.25) is 0 Å². The summed E-state index contributed by atoms with van der Waals surface area (Å²) in [6, 6.07) is 0. The SMILES string of the molecule is CCNC(=NCC(C)(C)N1CC(C)CC(C)C1)NCC1(CCO)CCOC1. The molecule has 6 nitrogen and oxygen atoms in total. The first-order valence-corrected chi connectivity index (χ1v) is 10.8. The molecule has 0 aromatic heterocycles. The van der Waals surface area contributed by atoms with Crippen LogP contribution in [0.3, 0.4) is 0 Å². The summed E-state index contributed by atoms with van der Waals surface area (Å²) in [7, 11) is 0. The number of rotatable bonds is 8. The second kappa shape index (κ2) is 10.1. The molecule has 0 aromatic rings. The Labute approximate surface area is 166 Å². The lowest BCUT2D eigenvalue weighted by atomic mass is 9.84. The average molecular weight is 383 g/mol. The zero-order valence-electron chi connectivity index (χ0n) is 18.2. The van der Waals surface area contributed by atoms with Gasteiger partial charge in [0.15, 0.2) is 5.96 Å².